The van der Waals surface area contributed by atoms with Crippen molar-refractivity contribution >= 4 is 19.6 Å². The largest absolute Gasteiger partial charge is 0.286 e. The zero-order chi connectivity index (χ0) is 10.9. The van der Waals surface area contributed by atoms with Crippen LogP contribution in [-0.2, 0) is 10.1 Å². The Bertz CT molecular complexity index is 251. The summed E-state index contributed by atoms with van der Waals surface area (Å²) in [5.74, 6) is 0. The predicted molar refractivity (Wildman–Crippen MR) is 58.4 cm³/mol. The molecule has 0 heterocycles. The van der Waals surface area contributed by atoms with Crippen molar-refractivity contribution in [1.82, 2.24) is 0 Å². The molecule has 0 fully saturated rings. The van der Waals surface area contributed by atoms with Gasteiger partial charge in [-0.2, -0.15) is 8.42 Å². The highest BCUT2D eigenvalue weighted by Gasteiger charge is 2.35. The summed E-state index contributed by atoms with van der Waals surface area (Å²) in [7, 11) is -4.64. The van der Waals surface area contributed by atoms with Crippen molar-refractivity contribution in [3.63, 3.8) is 0 Å². The van der Waals surface area contributed by atoms with Gasteiger partial charge in [0.2, 0.25) is 0 Å². The quantitative estimate of drug-likeness (QED) is 0.580. The van der Waals surface area contributed by atoms with Gasteiger partial charge in [0.1, 0.15) is 0 Å². The van der Waals surface area contributed by atoms with Crippen molar-refractivity contribution in [2.45, 2.75) is 45.0 Å². The van der Waals surface area contributed by atoms with Crippen LogP contribution in [0.5, 0.6) is 0 Å². The summed E-state index contributed by atoms with van der Waals surface area (Å²) >= 11 is 0. The lowest BCUT2D eigenvalue weighted by atomic mass is 10.00. The molecule has 1 unspecified atom stereocenters. The molecular weight excluding hydrogens is 204 g/mol. The minimum absolute atomic E-state index is 0.343. The first-order chi connectivity index (χ1) is 5.55. The highest BCUT2D eigenvalue weighted by atomic mass is 32.2. The topological polar surface area (TPSA) is 54.4 Å². The van der Waals surface area contributed by atoms with E-state index in [0.717, 1.165) is 0 Å². The van der Waals surface area contributed by atoms with E-state index < -0.39 is 24.5 Å². The molecule has 0 radical (unpaired) electrons. The van der Waals surface area contributed by atoms with Gasteiger partial charge in [-0.05, 0) is 5.41 Å². The third kappa shape index (κ3) is 4.78. The Labute approximate surface area is 83.5 Å². The van der Waals surface area contributed by atoms with E-state index in [9.17, 15) is 8.42 Å². The van der Waals surface area contributed by atoms with Crippen LogP contribution in [0.2, 0.25) is 5.54 Å². The molecular formula is C8H20O3SSi. The Morgan fingerprint density at radius 3 is 1.69 bits per heavy atom. The average molecular weight is 224 g/mol. The molecule has 0 amide bonds. The first-order valence-electron chi connectivity index (χ1n) is 4.51. The van der Waals surface area contributed by atoms with E-state index in [2.05, 4.69) is 0 Å². The molecule has 0 aromatic carbocycles. The summed E-state index contributed by atoms with van der Waals surface area (Å²) in [5, 5.41) is 0. The van der Waals surface area contributed by atoms with Crippen molar-refractivity contribution in [3.8, 4) is 0 Å². The van der Waals surface area contributed by atoms with Crippen LogP contribution in [0.25, 0.3) is 0 Å². The van der Waals surface area contributed by atoms with Crippen LogP contribution in [0.3, 0.4) is 0 Å². The maximum Gasteiger partial charge on any atom is 0.264 e. The highest BCUT2D eigenvalue weighted by Crippen LogP contribution is 2.26. The summed E-state index contributed by atoms with van der Waals surface area (Å²) in [4.78, 5) is -0.528. The van der Waals surface area contributed by atoms with Crippen LogP contribution in [0.1, 0.15) is 34.6 Å². The summed E-state index contributed by atoms with van der Waals surface area (Å²) in [6.45, 7) is 9.61. The fourth-order valence-corrected chi connectivity index (χ4v) is 5.93. The van der Waals surface area contributed by atoms with E-state index in [4.69, 9.17) is 4.55 Å². The van der Waals surface area contributed by atoms with Crippen molar-refractivity contribution in [3.05, 3.63) is 0 Å². The van der Waals surface area contributed by atoms with Gasteiger partial charge in [0, 0.05) is 9.52 Å². The zero-order valence-electron chi connectivity index (χ0n) is 9.03. The Hall–Kier alpha value is 0.127. The SMILES string of the molecule is CC(C)[SiH2]C(C(C)(C)C)S(=O)(=O)O. The molecule has 0 aliphatic heterocycles. The molecule has 0 rings (SSSR count). The van der Waals surface area contributed by atoms with E-state index in [0.29, 0.717) is 5.54 Å². The Balaban J connectivity index is 4.80. The second-order valence-corrected chi connectivity index (χ2v) is 10.1. The fraction of sp³-hybridized carbons (Fsp3) is 1.00. The molecule has 0 saturated heterocycles. The number of hydrogen-bond acceptors (Lipinski definition) is 2. The molecule has 0 aromatic rings. The lowest BCUT2D eigenvalue weighted by Gasteiger charge is -2.28. The second kappa shape index (κ2) is 4.10. The minimum atomic E-state index is -3.86. The molecule has 0 aliphatic rings. The first kappa shape index (κ1) is 13.1. The van der Waals surface area contributed by atoms with E-state index in [1.54, 1.807) is 0 Å². The normalized spacial score (nSPS) is 17.2. The zero-order valence-corrected chi connectivity index (χ0v) is 11.3. The Kier molecular flexibility index (Phi) is 4.14. The van der Waals surface area contributed by atoms with Crippen LogP contribution in [0, 0.1) is 5.41 Å². The van der Waals surface area contributed by atoms with Gasteiger partial charge >= 0.3 is 0 Å². The number of hydrogen-bond donors (Lipinski definition) is 1. The van der Waals surface area contributed by atoms with Crippen LogP contribution in [0.15, 0.2) is 0 Å². The summed E-state index contributed by atoms with van der Waals surface area (Å²) in [5.41, 5.74) is 0.0653. The smallest absolute Gasteiger partial charge is 0.264 e. The summed E-state index contributed by atoms with van der Waals surface area (Å²) in [6, 6.07) is 0. The minimum Gasteiger partial charge on any atom is -0.286 e. The van der Waals surface area contributed by atoms with Crippen molar-refractivity contribution in [2.75, 3.05) is 0 Å². The summed E-state index contributed by atoms with van der Waals surface area (Å²) in [6.07, 6.45) is 0. The molecule has 0 aliphatic carbocycles. The second-order valence-electron chi connectivity index (χ2n) is 5.00. The fourth-order valence-electron chi connectivity index (χ4n) is 1.35. The molecule has 0 saturated carbocycles. The van der Waals surface area contributed by atoms with Gasteiger partial charge in [-0.25, -0.2) is 0 Å². The lowest BCUT2D eigenvalue weighted by molar-refractivity contribution is 0.397. The molecule has 3 nitrogen and oxygen atoms in total. The molecule has 13 heavy (non-hydrogen) atoms. The lowest BCUT2D eigenvalue weighted by Crippen LogP contribution is -2.40. The Morgan fingerprint density at radius 2 is 1.62 bits per heavy atom. The predicted octanol–water partition coefficient (Wildman–Crippen LogP) is 1.24. The van der Waals surface area contributed by atoms with Crippen LogP contribution < -0.4 is 0 Å². The van der Waals surface area contributed by atoms with Gasteiger partial charge in [0.25, 0.3) is 10.1 Å². The maximum absolute atomic E-state index is 11.1. The van der Waals surface area contributed by atoms with Gasteiger partial charge in [-0.3, -0.25) is 4.55 Å². The van der Waals surface area contributed by atoms with E-state index >= 15 is 0 Å². The molecule has 1 N–H and O–H groups in total. The van der Waals surface area contributed by atoms with E-state index in [1.165, 1.54) is 0 Å². The monoisotopic (exact) mass is 224 g/mol. The van der Waals surface area contributed by atoms with Gasteiger partial charge in [0.05, 0.1) is 4.87 Å². The molecule has 0 spiro atoms. The third-order valence-electron chi connectivity index (χ3n) is 2.01. The van der Waals surface area contributed by atoms with Gasteiger partial charge in [-0.15, -0.1) is 0 Å². The van der Waals surface area contributed by atoms with E-state index in [-0.39, 0.29) is 5.41 Å². The summed E-state index contributed by atoms with van der Waals surface area (Å²) < 4.78 is 31.3. The number of rotatable bonds is 3. The first-order valence-corrected chi connectivity index (χ1v) is 7.65. The van der Waals surface area contributed by atoms with Gasteiger partial charge in [-0.1, -0.05) is 40.2 Å². The van der Waals surface area contributed by atoms with Gasteiger partial charge in [0.15, 0.2) is 0 Å². The molecule has 80 valence electrons. The van der Waals surface area contributed by atoms with Crippen molar-refractivity contribution < 1.29 is 13.0 Å². The molecule has 1 atom stereocenters. The van der Waals surface area contributed by atoms with E-state index in [1.807, 2.05) is 34.6 Å². The van der Waals surface area contributed by atoms with Gasteiger partial charge < -0.3 is 0 Å². The standard InChI is InChI=1S/C8H20O3SSi/c1-6(2)13-7(8(3,4)5)12(9,10)11/h6-7H,13H2,1-5H3,(H,9,10,11). The molecule has 0 bridgehead atoms. The highest BCUT2D eigenvalue weighted by molar-refractivity contribution is 7.88. The molecule has 0 aromatic heterocycles. The van der Waals surface area contributed by atoms with Crippen LogP contribution >= 0.6 is 0 Å². The van der Waals surface area contributed by atoms with Crippen LogP contribution in [-0.4, -0.2) is 27.4 Å². The molecule has 5 heteroatoms. The Morgan fingerprint density at radius 1 is 1.23 bits per heavy atom. The maximum atomic E-state index is 11.1. The average Bonchev–Trinajstić information content (AvgIpc) is 1.77. The van der Waals surface area contributed by atoms with Crippen molar-refractivity contribution in [1.29, 1.82) is 0 Å². The van der Waals surface area contributed by atoms with Crippen molar-refractivity contribution in [2.24, 2.45) is 5.41 Å². The van der Waals surface area contributed by atoms with Crippen LogP contribution in [0.4, 0.5) is 0 Å². The third-order valence-corrected chi connectivity index (χ3v) is 7.87.